The number of nitrogens with one attached hydrogen (secondary N) is 2. The molecule has 1 heterocycles. The van der Waals surface area contributed by atoms with Gasteiger partial charge in [0.2, 0.25) is 5.88 Å². The van der Waals surface area contributed by atoms with E-state index < -0.39 is 23.2 Å². The number of hydrogen-bond acceptors (Lipinski definition) is 3. The molecule has 1 amide bonds. The molecule has 0 aliphatic carbocycles. The van der Waals surface area contributed by atoms with Gasteiger partial charge in [0.15, 0.2) is 0 Å². The van der Waals surface area contributed by atoms with Crippen LogP contribution in [0.2, 0.25) is 0 Å². The third kappa shape index (κ3) is 2.42. The highest BCUT2D eigenvalue weighted by Gasteiger charge is 2.17. The first-order valence-corrected chi connectivity index (χ1v) is 6.47. The summed E-state index contributed by atoms with van der Waals surface area (Å²) in [7, 11) is 0. The molecule has 0 saturated heterocycles. The smallest absolute Gasteiger partial charge is 0.261 e. The molecule has 22 heavy (non-hydrogen) atoms. The van der Waals surface area contributed by atoms with E-state index in [2.05, 4.69) is 10.3 Å². The normalized spacial score (nSPS) is 10.6. The molecule has 0 spiro atoms. The van der Waals surface area contributed by atoms with Crippen LogP contribution in [0.15, 0.2) is 53.3 Å². The minimum absolute atomic E-state index is 0.0421. The number of aromatic amines is 1. The van der Waals surface area contributed by atoms with Crippen LogP contribution >= 0.6 is 0 Å². The van der Waals surface area contributed by atoms with E-state index >= 15 is 0 Å². The molecular weight excluding hydrogens is 287 g/mol. The van der Waals surface area contributed by atoms with E-state index in [0.717, 1.165) is 0 Å². The van der Waals surface area contributed by atoms with Gasteiger partial charge in [0.05, 0.1) is 0 Å². The van der Waals surface area contributed by atoms with Gasteiger partial charge in [-0.25, -0.2) is 4.39 Å². The van der Waals surface area contributed by atoms with Crippen molar-refractivity contribution in [2.45, 2.75) is 0 Å². The molecule has 0 unspecified atom stereocenters. The Bertz CT molecular complexity index is 917. The lowest BCUT2D eigenvalue weighted by atomic mass is 10.1. The summed E-state index contributed by atoms with van der Waals surface area (Å²) in [5, 5.41) is 13.1. The van der Waals surface area contributed by atoms with Gasteiger partial charge < -0.3 is 10.4 Å². The molecule has 110 valence electrons. The highest BCUT2D eigenvalue weighted by atomic mass is 19.1. The number of aromatic nitrogens is 1. The van der Waals surface area contributed by atoms with Crippen molar-refractivity contribution in [1.82, 2.24) is 4.98 Å². The highest BCUT2D eigenvalue weighted by Crippen LogP contribution is 2.23. The van der Waals surface area contributed by atoms with Crippen molar-refractivity contribution in [3.8, 4) is 5.88 Å². The molecule has 3 rings (SSSR count). The predicted molar refractivity (Wildman–Crippen MR) is 80.6 cm³/mol. The first-order valence-electron chi connectivity index (χ1n) is 6.47. The van der Waals surface area contributed by atoms with Gasteiger partial charge in [0, 0.05) is 16.5 Å². The van der Waals surface area contributed by atoms with Crippen LogP contribution in [-0.2, 0) is 0 Å². The van der Waals surface area contributed by atoms with Gasteiger partial charge in [0.1, 0.15) is 11.4 Å². The molecule has 6 heteroatoms. The second kappa shape index (κ2) is 5.33. The average molecular weight is 298 g/mol. The summed E-state index contributed by atoms with van der Waals surface area (Å²) in [5.74, 6) is -1.53. The van der Waals surface area contributed by atoms with Crippen molar-refractivity contribution < 1.29 is 14.3 Å². The maximum Gasteiger partial charge on any atom is 0.261 e. The zero-order chi connectivity index (χ0) is 15.7. The van der Waals surface area contributed by atoms with Gasteiger partial charge in [-0.3, -0.25) is 14.6 Å². The Balaban J connectivity index is 2.07. The topological polar surface area (TPSA) is 82.2 Å². The van der Waals surface area contributed by atoms with Crippen LogP contribution in [0.5, 0.6) is 5.88 Å². The van der Waals surface area contributed by atoms with Crippen LogP contribution in [-0.4, -0.2) is 16.0 Å². The number of rotatable bonds is 2. The predicted octanol–water partition coefficient (Wildman–Crippen LogP) is 2.63. The third-order valence-corrected chi connectivity index (χ3v) is 3.24. The number of H-pyrrole nitrogens is 1. The van der Waals surface area contributed by atoms with Gasteiger partial charge in [-0.2, -0.15) is 0 Å². The van der Waals surface area contributed by atoms with Gasteiger partial charge >= 0.3 is 0 Å². The van der Waals surface area contributed by atoms with Crippen molar-refractivity contribution in [1.29, 1.82) is 0 Å². The molecule has 3 aromatic rings. The summed E-state index contributed by atoms with van der Waals surface area (Å²) in [6, 6.07) is 11.7. The van der Waals surface area contributed by atoms with Crippen LogP contribution in [0.4, 0.5) is 10.1 Å². The van der Waals surface area contributed by atoms with E-state index in [1.807, 2.05) is 0 Å². The summed E-state index contributed by atoms with van der Waals surface area (Å²) in [6.07, 6.45) is 0. The third-order valence-electron chi connectivity index (χ3n) is 3.24. The number of amides is 1. The summed E-state index contributed by atoms with van der Waals surface area (Å²) < 4.78 is 12.9. The molecule has 0 fully saturated rings. The molecular formula is C16H11FN2O3. The molecule has 0 radical (unpaired) electrons. The number of halogens is 1. The Morgan fingerprint density at radius 1 is 1.05 bits per heavy atom. The quantitative estimate of drug-likeness (QED) is 0.680. The zero-order valence-electron chi connectivity index (χ0n) is 11.3. The lowest BCUT2D eigenvalue weighted by molar-refractivity contribution is 0.102. The number of benzene rings is 2. The Hall–Kier alpha value is -3.15. The SMILES string of the molecule is O=C(Nc1ccc(F)cc1)c1c(O)[nH]c(=O)c2ccccc12. The molecule has 0 atom stereocenters. The Morgan fingerprint density at radius 3 is 2.36 bits per heavy atom. The van der Waals surface area contributed by atoms with Gasteiger partial charge in [-0.15, -0.1) is 0 Å². The molecule has 3 N–H and O–H groups in total. The van der Waals surface area contributed by atoms with Crippen molar-refractivity contribution in [3.05, 3.63) is 70.3 Å². The van der Waals surface area contributed by atoms with Crippen LogP contribution in [0.25, 0.3) is 10.8 Å². The van der Waals surface area contributed by atoms with Gasteiger partial charge in [-0.05, 0) is 30.3 Å². The number of pyridine rings is 1. The monoisotopic (exact) mass is 298 g/mol. The number of carbonyl (C=O) groups is 1. The van der Waals surface area contributed by atoms with Gasteiger partial charge in [0.25, 0.3) is 11.5 Å². The van der Waals surface area contributed by atoms with Crippen molar-refractivity contribution in [3.63, 3.8) is 0 Å². The fourth-order valence-corrected chi connectivity index (χ4v) is 2.22. The Morgan fingerprint density at radius 2 is 1.68 bits per heavy atom. The van der Waals surface area contributed by atoms with Gasteiger partial charge in [-0.1, -0.05) is 18.2 Å². The van der Waals surface area contributed by atoms with Crippen molar-refractivity contribution in [2.75, 3.05) is 5.32 Å². The molecule has 1 aromatic heterocycles. The number of hydrogen-bond donors (Lipinski definition) is 3. The molecule has 0 aliphatic heterocycles. The lowest BCUT2D eigenvalue weighted by Crippen LogP contribution is -2.17. The zero-order valence-corrected chi connectivity index (χ0v) is 11.3. The summed E-state index contributed by atoms with van der Waals surface area (Å²) >= 11 is 0. The van der Waals surface area contributed by atoms with E-state index in [4.69, 9.17) is 0 Å². The standard InChI is InChI=1S/C16H11FN2O3/c17-9-5-7-10(8-6-9)18-15(21)13-11-3-1-2-4-12(11)14(20)19-16(13)22/h1-8H,(H,18,21)(H2,19,20,22). The number of aromatic hydroxyl groups is 1. The fraction of sp³-hybridized carbons (Fsp3) is 0. The van der Waals surface area contributed by atoms with E-state index in [1.54, 1.807) is 24.3 Å². The minimum atomic E-state index is -0.600. The first-order chi connectivity index (χ1) is 10.6. The maximum absolute atomic E-state index is 12.9. The maximum atomic E-state index is 12.9. The second-order valence-electron chi connectivity index (χ2n) is 4.68. The Labute approximate surface area is 124 Å². The summed E-state index contributed by atoms with van der Waals surface area (Å²) in [4.78, 5) is 26.4. The average Bonchev–Trinajstić information content (AvgIpc) is 2.49. The number of carbonyl (C=O) groups excluding carboxylic acids is 1. The van der Waals surface area contributed by atoms with Crippen LogP contribution in [0, 0.1) is 5.82 Å². The molecule has 2 aromatic carbocycles. The highest BCUT2D eigenvalue weighted by molar-refractivity contribution is 6.14. The van der Waals surface area contributed by atoms with Crippen molar-refractivity contribution >= 4 is 22.4 Å². The van der Waals surface area contributed by atoms with Crippen LogP contribution in [0.1, 0.15) is 10.4 Å². The lowest BCUT2D eigenvalue weighted by Gasteiger charge is -2.09. The molecule has 5 nitrogen and oxygen atoms in total. The van der Waals surface area contributed by atoms with Crippen LogP contribution < -0.4 is 10.9 Å². The second-order valence-corrected chi connectivity index (χ2v) is 4.68. The number of anilines is 1. The molecule has 0 saturated carbocycles. The fourth-order valence-electron chi connectivity index (χ4n) is 2.22. The van der Waals surface area contributed by atoms with E-state index in [-0.39, 0.29) is 5.56 Å². The first kappa shape index (κ1) is 13.8. The van der Waals surface area contributed by atoms with E-state index in [0.29, 0.717) is 16.5 Å². The van der Waals surface area contributed by atoms with Crippen molar-refractivity contribution in [2.24, 2.45) is 0 Å². The summed E-state index contributed by atoms with van der Waals surface area (Å²) in [5.41, 5.74) is -0.146. The molecule has 0 bridgehead atoms. The molecule has 0 aliphatic rings. The summed E-state index contributed by atoms with van der Waals surface area (Å²) in [6.45, 7) is 0. The minimum Gasteiger partial charge on any atom is -0.494 e. The largest absolute Gasteiger partial charge is 0.494 e. The van der Waals surface area contributed by atoms with Crippen LogP contribution in [0.3, 0.4) is 0 Å². The van der Waals surface area contributed by atoms with E-state index in [9.17, 15) is 19.1 Å². The van der Waals surface area contributed by atoms with E-state index in [1.165, 1.54) is 24.3 Å². The Kier molecular flexibility index (Phi) is 3.34. The number of fused-ring (bicyclic) bond motifs is 1.